The molecule has 1 saturated heterocycles. The summed E-state index contributed by atoms with van der Waals surface area (Å²) in [6, 6.07) is 0. The first kappa shape index (κ1) is 22.4. The maximum absolute atomic E-state index is 12.5. The highest BCUT2D eigenvalue weighted by Crippen LogP contribution is 2.37. The van der Waals surface area contributed by atoms with Gasteiger partial charge >= 0.3 is 11.9 Å². The van der Waals surface area contributed by atoms with Crippen LogP contribution in [-0.2, 0) is 19.1 Å². The van der Waals surface area contributed by atoms with Crippen LogP contribution in [-0.4, -0.2) is 34.9 Å². The first-order valence-corrected chi connectivity index (χ1v) is 10.2. The number of aliphatic hydroxyl groups is 1. The van der Waals surface area contributed by atoms with Gasteiger partial charge in [0.05, 0.1) is 12.5 Å². The molecule has 5 nitrogen and oxygen atoms in total. The number of fused-ring (bicyclic) bond motifs is 3. The van der Waals surface area contributed by atoms with Gasteiger partial charge in [0.1, 0.15) is 11.7 Å². The number of hydrogen-bond donors (Lipinski definition) is 1. The SMILES string of the molecule is C=C1CC(=O)O[C@]2(C)CC[C@@H]1C[C@H](O)C(C)=CCC=C(C)CC[C@@H]2OC(C)=O. The maximum atomic E-state index is 12.5. The van der Waals surface area contributed by atoms with Gasteiger partial charge in [-0.25, -0.2) is 0 Å². The number of carbonyl (C=O) groups excluding carboxylic acids is 2. The van der Waals surface area contributed by atoms with Gasteiger partial charge in [-0.2, -0.15) is 0 Å². The Morgan fingerprint density at radius 1 is 1.32 bits per heavy atom. The van der Waals surface area contributed by atoms with E-state index in [0.717, 1.165) is 30.4 Å². The van der Waals surface area contributed by atoms with Gasteiger partial charge < -0.3 is 14.6 Å². The van der Waals surface area contributed by atoms with E-state index in [1.165, 1.54) is 12.5 Å². The number of rotatable bonds is 1. The lowest BCUT2D eigenvalue weighted by Gasteiger charge is -2.40. The van der Waals surface area contributed by atoms with Crippen molar-refractivity contribution in [2.75, 3.05) is 0 Å². The minimum atomic E-state index is -0.887. The highest BCUT2D eigenvalue weighted by molar-refractivity contribution is 5.73. The molecule has 0 amide bonds. The Labute approximate surface area is 168 Å². The molecule has 2 bridgehead atoms. The molecule has 28 heavy (non-hydrogen) atoms. The Hall–Kier alpha value is -1.88. The lowest BCUT2D eigenvalue weighted by molar-refractivity contribution is -0.186. The Bertz CT molecular complexity index is 674. The molecule has 0 saturated carbocycles. The van der Waals surface area contributed by atoms with Gasteiger partial charge in [-0.1, -0.05) is 29.9 Å². The van der Waals surface area contributed by atoms with E-state index in [0.29, 0.717) is 19.3 Å². The number of aliphatic hydroxyl groups excluding tert-OH is 1. The van der Waals surface area contributed by atoms with Crippen molar-refractivity contribution in [2.45, 2.75) is 90.4 Å². The summed E-state index contributed by atoms with van der Waals surface area (Å²) in [5, 5.41) is 10.6. The summed E-state index contributed by atoms with van der Waals surface area (Å²) >= 11 is 0. The summed E-state index contributed by atoms with van der Waals surface area (Å²) in [4.78, 5) is 24.2. The minimum absolute atomic E-state index is 0.0173. The molecule has 1 aliphatic carbocycles. The van der Waals surface area contributed by atoms with Crippen molar-refractivity contribution >= 4 is 11.9 Å². The second kappa shape index (κ2) is 9.55. The van der Waals surface area contributed by atoms with Crippen LogP contribution in [0.15, 0.2) is 35.5 Å². The lowest BCUT2D eigenvalue weighted by atomic mass is 9.79. The predicted octanol–water partition coefficient (Wildman–Crippen LogP) is 4.40. The van der Waals surface area contributed by atoms with Crippen LogP contribution >= 0.6 is 0 Å². The van der Waals surface area contributed by atoms with E-state index in [1.54, 1.807) is 0 Å². The fourth-order valence-electron chi connectivity index (χ4n) is 4.04. The van der Waals surface area contributed by atoms with Crippen LogP contribution in [0.25, 0.3) is 0 Å². The molecule has 1 heterocycles. The summed E-state index contributed by atoms with van der Waals surface area (Å²) in [6.45, 7) is 11.3. The Balaban J connectivity index is 2.40. The maximum Gasteiger partial charge on any atom is 0.310 e. The number of ether oxygens (including phenoxy) is 2. The van der Waals surface area contributed by atoms with Crippen molar-refractivity contribution in [1.82, 2.24) is 0 Å². The van der Waals surface area contributed by atoms with Gasteiger partial charge in [-0.15, -0.1) is 0 Å². The quantitative estimate of drug-likeness (QED) is 0.530. The number of hydrogen-bond acceptors (Lipinski definition) is 5. The van der Waals surface area contributed by atoms with Crippen molar-refractivity contribution in [3.05, 3.63) is 35.5 Å². The highest BCUT2D eigenvalue weighted by Gasteiger charge is 2.42. The van der Waals surface area contributed by atoms with Gasteiger partial charge in [0.2, 0.25) is 0 Å². The molecule has 2 rings (SSSR count). The van der Waals surface area contributed by atoms with Crippen molar-refractivity contribution in [3.8, 4) is 0 Å². The smallest absolute Gasteiger partial charge is 0.310 e. The predicted molar refractivity (Wildman–Crippen MR) is 109 cm³/mol. The average molecular weight is 391 g/mol. The van der Waals surface area contributed by atoms with E-state index < -0.39 is 17.8 Å². The van der Waals surface area contributed by atoms with Crippen molar-refractivity contribution in [1.29, 1.82) is 0 Å². The van der Waals surface area contributed by atoms with E-state index in [4.69, 9.17) is 9.47 Å². The van der Waals surface area contributed by atoms with Crippen LogP contribution in [0.2, 0.25) is 0 Å². The van der Waals surface area contributed by atoms with Crippen LogP contribution in [0, 0.1) is 5.92 Å². The molecule has 5 heteroatoms. The third-order valence-corrected chi connectivity index (χ3v) is 6.01. The fraction of sp³-hybridized carbons (Fsp3) is 0.652. The minimum Gasteiger partial charge on any atom is -0.458 e. The first-order chi connectivity index (χ1) is 13.1. The molecule has 0 radical (unpaired) electrons. The van der Waals surface area contributed by atoms with Crippen molar-refractivity contribution < 1.29 is 24.2 Å². The summed E-state index contributed by atoms with van der Waals surface area (Å²) in [5.74, 6) is -0.707. The van der Waals surface area contributed by atoms with Crippen molar-refractivity contribution in [2.24, 2.45) is 5.92 Å². The molecule has 0 spiro atoms. The van der Waals surface area contributed by atoms with Crippen LogP contribution < -0.4 is 0 Å². The molecule has 0 aromatic heterocycles. The van der Waals surface area contributed by atoms with Gasteiger partial charge in [0.25, 0.3) is 0 Å². The second-order valence-corrected chi connectivity index (χ2v) is 8.48. The molecule has 1 N–H and O–H groups in total. The summed E-state index contributed by atoms with van der Waals surface area (Å²) in [7, 11) is 0. The standard InChI is InChI=1S/C23H34O5/c1-15-7-6-8-16(2)20(25)14-19-11-12-23(5,28-22(26)13-17(19)3)21(10-9-15)27-18(4)24/h7-8,19-21,25H,3,6,9-14H2,1-2,4-5H3/t19-,20+,21+,23-/m1/s1. The Morgan fingerprint density at radius 2 is 2.04 bits per heavy atom. The molecule has 4 atom stereocenters. The van der Waals surface area contributed by atoms with Crippen LogP contribution in [0.4, 0.5) is 0 Å². The average Bonchev–Trinajstić information content (AvgIpc) is 2.59. The second-order valence-electron chi connectivity index (χ2n) is 8.48. The molecule has 156 valence electrons. The molecular weight excluding hydrogens is 356 g/mol. The fourth-order valence-corrected chi connectivity index (χ4v) is 4.04. The molecule has 1 fully saturated rings. The highest BCUT2D eigenvalue weighted by atomic mass is 16.6. The molecule has 0 aromatic rings. The van der Waals surface area contributed by atoms with Crippen LogP contribution in [0.1, 0.15) is 72.6 Å². The molecular formula is C23H34O5. The van der Waals surface area contributed by atoms with Gasteiger partial charge in [-0.05, 0) is 70.8 Å². The summed E-state index contributed by atoms with van der Waals surface area (Å²) in [6.07, 6.45) is 7.14. The van der Waals surface area contributed by atoms with Crippen molar-refractivity contribution in [3.63, 3.8) is 0 Å². The molecule has 0 unspecified atom stereocenters. The van der Waals surface area contributed by atoms with E-state index in [-0.39, 0.29) is 24.3 Å². The lowest BCUT2D eigenvalue weighted by Crippen LogP contribution is -2.47. The topological polar surface area (TPSA) is 72.8 Å². The summed E-state index contributed by atoms with van der Waals surface area (Å²) in [5.41, 5.74) is 2.03. The van der Waals surface area contributed by atoms with Gasteiger partial charge in [-0.3, -0.25) is 9.59 Å². The van der Waals surface area contributed by atoms with Gasteiger partial charge in [0, 0.05) is 6.92 Å². The zero-order valence-corrected chi connectivity index (χ0v) is 17.6. The van der Waals surface area contributed by atoms with Crippen LogP contribution in [0.5, 0.6) is 0 Å². The largest absolute Gasteiger partial charge is 0.458 e. The van der Waals surface area contributed by atoms with E-state index in [2.05, 4.69) is 12.7 Å². The van der Waals surface area contributed by atoms with Crippen LogP contribution in [0.3, 0.4) is 0 Å². The van der Waals surface area contributed by atoms with E-state index in [9.17, 15) is 14.7 Å². The molecule has 2 aliphatic rings. The monoisotopic (exact) mass is 390 g/mol. The third-order valence-electron chi connectivity index (χ3n) is 6.01. The normalized spacial score (nSPS) is 33.0. The summed E-state index contributed by atoms with van der Waals surface area (Å²) < 4.78 is 11.4. The zero-order valence-electron chi connectivity index (χ0n) is 17.6. The first-order valence-electron chi connectivity index (χ1n) is 10.2. The van der Waals surface area contributed by atoms with Gasteiger partial charge in [0.15, 0.2) is 0 Å². The Kier molecular flexibility index (Phi) is 7.64. The molecule has 0 aromatic carbocycles. The number of esters is 2. The number of carbonyl (C=O) groups is 2. The third kappa shape index (κ3) is 6.06. The van der Waals surface area contributed by atoms with E-state index >= 15 is 0 Å². The molecule has 1 aliphatic heterocycles. The Morgan fingerprint density at radius 3 is 2.71 bits per heavy atom. The number of allylic oxidation sites excluding steroid dienone is 3. The zero-order chi connectivity index (χ0) is 20.9. The van der Waals surface area contributed by atoms with E-state index in [1.807, 2.05) is 26.8 Å².